The van der Waals surface area contributed by atoms with Crippen molar-refractivity contribution in [1.82, 2.24) is 5.32 Å². The van der Waals surface area contributed by atoms with Crippen molar-refractivity contribution in [3.63, 3.8) is 0 Å². The van der Waals surface area contributed by atoms with Crippen molar-refractivity contribution in [2.24, 2.45) is 17.3 Å². The summed E-state index contributed by atoms with van der Waals surface area (Å²) in [7, 11) is 2.02. The van der Waals surface area contributed by atoms with Crippen molar-refractivity contribution < 1.29 is 4.39 Å². The number of hydrogen-bond donors (Lipinski definition) is 1. The van der Waals surface area contributed by atoms with Gasteiger partial charge in [0.25, 0.3) is 0 Å². The molecule has 0 bridgehead atoms. The molecular weight excluding hydrogens is 285 g/mol. The van der Waals surface area contributed by atoms with Crippen molar-refractivity contribution in [2.75, 3.05) is 7.05 Å². The van der Waals surface area contributed by atoms with Crippen LogP contribution in [0.1, 0.15) is 45.6 Å². The van der Waals surface area contributed by atoms with Crippen LogP contribution in [0.5, 0.6) is 0 Å². The average molecular weight is 312 g/mol. The molecule has 21 heavy (non-hydrogen) atoms. The van der Waals surface area contributed by atoms with E-state index in [9.17, 15) is 4.39 Å². The quantitative estimate of drug-likeness (QED) is 0.821. The number of rotatable bonds is 3. The average Bonchev–Trinajstić information content (AvgIpc) is 2.41. The minimum atomic E-state index is -0.171. The topological polar surface area (TPSA) is 12.0 Å². The number of halogens is 2. The zero-order valence-electron chi connectivity index (χ0n) is 13.5. The molecule has 0 amide bonds. The van der Waals surface area contributed by atoms with Gasteiger partial charge in [-0.3, -0.25) is 0 Å². The molecule has 1 aliphatic carbocycles. The largest absolute Gasteiger partial charge is 0.317 e. The molecular formula is C18H27ClFN. The van der Waals surface area contributed by atoms with Crippen LogP contribution < -0.4 is 5.32 Å². The van der Waals surface area contributed by atoms with E-state index in [0.29, 0.717) is 28.3 Å². The van der Waals surface area contributed by atoms with Crippen LogP contribution in [0.4, 0.5) is 4.39 Å². The number of benzene rings is 1. The normalized spacial score (nSPS) is 26.9. The zero-order valence-corrected chi connectivity index (χ0v) is 14.3. The molecule has 0 aromatic heterocycles. The van der Waals surface area contributed by atoms with E-state index in [2.05, 4.69) is 26.1 Å². The van der Waals surface area contributed by atoms with Crippen molar-refractivity contribution in [1.29, 1.82) is 0 Å². The third-order valence-electron chi connectivity index (χ3n) is 5.08. The summed E-state index contributed by atoms with van der Waals surface area (Å²) in [5, 5.41) is 3.90. The van der Waals surface area contributed by atoms with Gasteiger partial charge in [0, 0.05) is 11.1 Å². The van der Waals surface area contributed by atoms with Crippen LogP contribution in [0.3, 0.4) is 0 Å². The molecule has 3 atom stereocenters. The minimum Gasteiger partial charge on any atom is -0.317 e. The van der Waals surface area contributed by atoms with Crippen molar-refractivity contribution in [2.45, 2.75) is 52.5 Å². The summed E-state index contributed by atoms with van der Waals surface area (Å²) in [6.07, 6.45) is 4.39. The van der Waals surface area contributed by atoms with E-state index in [-0.39, 0.29) is 5.82 Å². The van der Waals surface area contributed by atoms with Crippen LogP contribution in [0, 0.1) is 23.1 Å². The molecule has 1 aliphatic rings. The van der Waals surface area contributed by atoms with E-state index in [1.165, 1.54) is 18.9 Å². The van der Waals surface area contributed by atoms with Gasteiger partial charge in [0.2, 0.25) is 0 Å². The van der Waals surface area contributed by atoms with Gasteiger partial charge in [-0.25, -0.2) is 4.39 Å². The van der Waals surface area contributed by atoms with Crippen molar-refractivity contribution in [3.05, 3.63) is 34.6 Å². The Hall–Kier alpha value is -0.600. The van der Waals surface area contributed by atoms with Gasteiger partial charge < -0.3 is 5.32 Å². The Bertz CT molecular complexity index is 481. The number of hydrogen-bond acceptors (Lipinski definition) is 1. The van der Waals surface area contributed by atoms with Crippen LogP contribution in [0.25, 0.3) is 0 Å². The zero-order chi connectivity index (χ0) is 15.6. The van der Waals surface area contributed by atoms with Crippen LogP contribution >= 0.6 is 11.6 Å². The highest BCUT2D eigenvalue weighted by molar-refractivity contribution is 6.30. The lowest BCUT2D eigenvalue weighted by Crippen LogP contribution is -2.42. The Morgan fingerprint density at radius 1 is 1.29 bits per heavy atom. The molecule has 1 aromatic carbocycles. The molecule has 2 rings (SSSR count). The van der Waals surface area contributed by atoms with Gasteiger partial charge in [-0.2, -0.15) is 0 Å². The number of nitrogens with one attached hydrogen (secondary N) is 1. The second-order valence-electron chi connectivity index (χ2n) is 7.47. The van der Waals surface area contributed by atoms with Gasteiger partial charge in [0.1, 0.15) is 5.82 Å². The molecule has 118 valence electrons. The first-order chi connectivity index (χ1) is 9.81. The Morgan fingerprint density at radius 2 is 2.00 bits per heavy atom. The van der Waals surface area contributed by atoms with Gasteiger partial charge in [-0.05, 0) is 67.7 Å². The van der Waals surface area contributed by atoms with Gasteiger partial charge in [-0.15, -0.1) is 0 Å². The summed E-state index contributed by atoms with van der Waals surface area (Å²) in [6, 6.07) is 5.54. The Labute approximate surface area is 133 Å². The molecule has 1 aromatic rings. The van der Waals surface area contributed by atoms with E-state index in [4.69, 9.17) is 11.6 Å². The minimum absolute atomic E-state index is 0.171. The van der Waals surface area contributed by atoms with Crippen LogP contribution in [-0.4, -0.2) is 13.1 Å². The highest BCUT2D eigenvalue weighted by Crippen LogP contribution is 2.41. The summed E-state index contributed by atoms with van der Waals surface area (Å²) >= 11 is 5.85. The van der Waals surface area contributed by atoms with Crippen LogP contribution in [-0.2, 0) is 6.42 Å². The van der Waals surface area contributed by atoms with Gasteiger partial charge in [0.05, 0.1) is 0 Å². The maximum Gasteiger partial charge on any atom is 0.127 e. The highest BCUT2D eigenvalue weighted by Gasteiger charge is 2.35. The Morgan fingerprint density at radius 3 is 2.57 bits per heavy atom. The second kappa shape index (κ2) is 6.66. The Kier molecular flexibility index (Phi) is 5.32. The third kappa shape index (κ3) is 4.20. The lowest BCUT2D eigenvalue weighted by Gasteiger charge is -2.42. The first kappa shape index (κ1) is 16.8. The van der Waals surface area contributed by atoms with E-state index in [1.54, 1.807) is 6.07 Å². The Balaban J connectivity index is 2.14. The molecule has 0 saturated heterocycles. The molecule has 0 spiro atoms. The summed E-state index contributed by atoms with van der Waals surface area (Å²) in [5.41, 5.74) is 1.12. The van der Waals surface area contributed by atoms with E-state index in [1.807, 2.05) is 13.1 Å². The first-order valence-electron chi connectivity index (χ1n) is 7.92. The van der Waals surface area contributed by atoms with E-state index >= 15 is 0 Å². The summed E-state index contributed by atoms with van der Waals surface area (Å²) in [5.74, 6) is 1.03. The fourth-order valence-electron chi connectivity index (χ4n) is 3.63. The van der Waals surface area contributed by atoms with E-state index in [0.717, 1.165) is 18.4 Å². The van der Waals surface area contributed by atoms with Gasteiger partial charge in [-0.1, -0.05) is 38.4 Å². The monoisotopic (exact) mass is 311 g/mol. The SMILES string of the molecule is CNC1CCC(C(C)(C)C)CC1Cc1ccc(Cl)cc1F. The highest BCUT2D eigenvalue weighted by atomic mass is 35.5. The fourth-order valence-corrected chi connectivity index (χ4v) is 3.78. The maximum atomic E-state index is 14.1. The summed E-state index contributed by atoms with van der Waals surface area (Å²) < 4.78 is 14.1. The molecule has 0 heterocycles. The van der Waals surface area contributed by atoms with E-state index < -0.39 is 0 Å². The second-order valence-corrected chi connectivity index (χ2v) is 7.91. The fraction of sp³-hybridized carbons (Fsp3) is 0.667. The van der Waals surface area contributed by atoms with Crippen molar-refractivity contribution >= 4 is 11.6 Å². The molecule has 0 aliphatic heterocycles. The van der Waals surface area contributed by atoms with Gasteiger partial charge >= 0.3 is 0 Å². The molecule has 1 nitrogen and oxygen atoms in total. The molecule has 1 fully saturated rings. The van der Waals surface area contributed by atoms with Crippen LogP contribution in [0.2, 0.25) is 5.02 Å². The van der Waals surface area contributed by atoms with Crippen LogP contribution in [0.15, 0.2) is 18.2 Å². The van der Waals surface area contributed by atoms with Crippen molar-refractivity contribution in [3.8, 4) is 0 Å². The summed E-state index contributed by atoms with van der Waals surface area (Å²) in [6.45, 7) is 6.95. The third-order valence-corrected chi connectivity index (χ3v) is 5.31. The maximum absolute atomic E-state index is 14.1. The molecule has 3 heteroatoms. The predicted molar refractivity (Wildman–Crippen MR) is 88.2 cm³/mol. The standard InChI is InChI=1S/C18H27ClFN/c1-18(2,3)14-6-8-17(21-4)13(10-14)9-12-5-7-15(19)11-16(12)20/h5,7,11,13-14,17,21H,6,8-10H2,1-4H3. The molecule has 0 radical (unpaired) electrons. The first-order valence-corrected chi connectivity index (χ1v) is 8.30. The lowest BCUT2D eigenvalue weighted by atomic mass is 9.66. The smallest absolute Gasteiger partial charge is 0.127 e. The predicted octanol–water partition coefficient (Wildman–Crippen LogP) is 5.07. The summed E-state index contributed by atoms with van der Waals surface area (Å²) in [4.78, 5) is 0. The lowest BCUT2D eigenvalue weighted by molar-refractivity contribution is 0.116. The molecule has 1 saturated carbocycles. The molecule has 3 unspecified atom stereocenters. The van der Waals surface area contributed by atoms with Gasteiger partial charge in [0.15, 0.2) is 0 Å². The molecule has 1 N–H and O–H groups in total.